The highest BCUT2D eigenvalue weighted by Crippen LogP contribution is 2.12. The van der Waals surface area contributed by atoms with E-state index in [4.69, 9.17) is 10.2 Å². The Balaban J connectivity index is 2.10. The van der Waals surface area contributed by atoms with Crippen molar-refractivity contribution in [2.45, 2.75) is 13.5 Å². The zero-order chi connectivity index (χ0) is 12.3. The van der Waals surface area contributed by atoms with Gasteiger partial charge in [-0.05, 0) is 24.6 Å². The molecule has 0 unspecified atom stereocenters. The molecule has 0 aliphatic carbocycles. The van der Waals surface area contributed by atoms with Crippen LogP contribution in [0.5, 0.6) is 0 Å². The molecule has 0 fully saturated rings. The van der Waals surface area contributed by atoms with E-state index >= 15 is 0 Å². The second-order valence-electron chi connectivity index (χ2n) is 3.62. The van der Waals surface area contributed by atoms with Crippen LogP contribution < -0.4 is 11.1 Å². The zero-order valence-electron chi connectivity index (χ0n) is 9.43. The third-order valence-corrected chi connectivity index (χ3v) is 2.40. The lowest BCUT2D eigenvalue weighted by Gasteiger charge is -2.04. The molecule has 0 saturated carbocycles. The van der Waals surface area contributed by atoms with Gasteiger partial charge in [-0.1, -0.05) is 12.1 Å². The first-order chi connectivity index (χ1) is 8.20. The number of nitrogens with one attached hydrogen (secondary N) is 1. The summed E-state index contributed by atoms with van der Waals surface area (Å²) < 4.78 is 5.00. The molecule has 5 heteroatoms. The molecule has 1 heterocycles. The van der Waals surface area contributed by atoms with E-state index in [9.17, 15) is 4.79 Å². The molecule has 0 spiro atoms. The fourth-order valence-corrected chi connectivity index (χ4v) is 1.43. The van der Waals surface area contributed by atoms with Crippen LogP contribution in [0, 0.1) is 6.92 Å². The van der Waals surface area contributed by atoms with E-state index in [1.54, 1.807) is 19.1 Å². The summed E-state index contributed by atoms with van der Waals surface area (Å²) in [6, 6.07) is 7.32. The summed E-state index contributed by atoms with van der Waals surface area (Å²) in [4.78, 5) is 15.6. The van der Waals surface area contributed by atoms with E-state index in [0.29, 0.717) is 17.9 Å². The number of amides is 1. The fraction of sp³-hybridized carbons (Fsp3) is 0.167. The number of aromatic nitrogens is 1. The van der Waals surface area contributed by atoms with Crippen LogP contribution >= 0.6 is 0 Å². The quantitative estimate of drug-likeness (QED) is 0.842. The van der Waals surface area contributed by atoms with Crippen molar-refractivity contribution in [3.05, 3.63) is 47.7 Å². The van der Waals surface area contributed by atoms with Gasteiger partial charge >= 0.3 is 0 Å². The zero-order valence-corrected chi connectivity index (χ0v) is 9.43. The van der Waals surface area contributed by atoms with Gasteiger partial charge in [-0.25, -0.2) is 4.98 Å². The maximum absolute atomic E-state index is 11.8. The van der Waals surface area contributed by atoms with Crippen molar-refractivity contribution in [3.8, 4) is 0 Å². The normalized spacial score (nSPS) is 10.2. The molecule has 0 bridgehead atoms. The van der Waals surface area contributed by atoms with Crippen LogP contribution in [0.25, 0.3) is 0 Å². The molecule has 2 rings (SSSR count). The number of carbonyl (C=O) groups excluding carboxylic acids is 1. The minimum absolute atomic E-state index is 0.230. The molecule has 2 aromatic rings. The summed E-state index contributed by atoms with van der Waals surface area (Å²) in [5.74, 6) is -0.0756. The fourth-order valence-electron chi connectivity index (χ4n) is 1.43. The number of nitrogens with zero attached hydrogens (tertiary/aromatic N) is 1. The topological polar surface area (TPSA) is 81.2 Å². The van der Waals surface area contributed by atoms with Crippen molar-refractivity contribution < 1.29 is 9.21 Å². The number of carbonyl (C=O) groups is 1. The van der Waals surface area contributed by atoms with Gasteiger partial charge < -0.3 is 15.5 Å². The smallest absolute Gasteiger partial charge is 0.293 e. The minimum atomic E-state index is -0.305. The molecule has 1 aromatic carbocycles. The highest BCUT2D eigenvalue weighted by atomic mass is 16.3. The molecule has 88 valence electrons. The third-order valence-electron chi connectivity index (χ3n) is 2.40. The van der Waals surface area contributed by atoms with E-state index in [2.05, 4.69) is 10.3 Å². The molecule has 1 aromatic heterocycles. The summed E-state index contributed by atoms with van der Waals surface area (Å²) in [6.07, 6.45) is 1.25. The predicted octanol–water partition coefficient (Wildman–Crippen LogP) is 1.69. The lowest BCUT2D eigenvalue weighted by atomic mass is 10.2. The Bertz CT molecular complexity index is 517. The number of oxazole rings is 1. The van der Waals surface area contributed by atoms with E-state index < -0.39 is 0 Å². The van der Waals surface area contributed by atoms with Crippen LogP contribution in [0.2, 0.25) is 0 Å². The van der Waals surface area contributed by atoms with Gasteiger partial charge in [0.2, 0.25) is 5.76 Å². The number of rotatable bonds is 3. The summed E-state index contributed by atoms with van der Waals surface area (Å²) in [6.45, 7) is 2.20. The highest BCUT2D eigenvalue weighted by Gasteiger charge is 2.13. The number of aryl methyl sites for hydroxylation is 1. The SMILES string of the molecule is Cc1ncoc1C(=O)Nc1ccc(CN)cc1. The molecule has 3 N–H and O–H groups in total. The Morgan fingerprint density at radius 3 is 2.65 bits per heavy atom. The van der Waals surface area contributed by atoms with Crippen molar-refractivity contribution in [1.82, 2.24) is 4.98 Å². The Morgan fingerprint density at radius 2 is 2.12 bits per heavy atom. The van der Waals surface area contributed by atoms with Crippen molar-refractivity contribution >= 4 is 11.6 Å². The Hall–Kier alpha value is -2.14. The Morgan fingerprint density at radius 1 is 1.41 bits per heavy atom. The van der Waals surface area contributed by atoms with Crippen LogP contribution in [0.4, 0.5) is 5.69 Å². The molecular weight excluding hydrogens is 218 g/mol. The Kier molecular flexibility index (Phi) is 3.20. The molecule has 0 atom stereocenters. The monoisotopic (exact) mass is 231 g/mol. The van der Waals surface area contributed by atoms with Crippen molar-refractivity contribution in [2.24, 2.45) is 5.73 Å². The Labute approximate surface area is 98.6 Å². The van der Waals surface area contributed by atoms with Gasteiger partial charge in [-0.15, -0.1) is 0 Å². The van der Waals surface area contributed by atoms with E-state index in [0.717, 1.165) is 5.56 Å². The van der Waals surface area contributed by atoms with Gasteiger partial charge in [0.25, 0.3) is 5.91 Å². The molecule has 5 nitrogen and oxygen atoms in total. The second-order valence-corrected chi connectivity index (χ2v) is 3.62. The van der Waals surface area contributed by atoms with Crippen molar-refractivity contribution in [1.29, 1.82) is 0 Å². The number of benzene rings is 1. The second kappa shape index (κ2) is 4.80. The lowest BCUT2D eigenvalue weighted by molar-refractivity contribution is 0.0996. The number of nitrogens with two attached hydrogens (primary N) is 1. The third kappa shape index (κ3) is 2.51. The van der Waals surface area contributed by atoms with Crippen LogP contribution in [0.1, 0.15) is 21.8 Å². The number of hydrogen-bond acceptors (Lipinski definition) is 4. The average Bonchev–Trinajstić information content (AvgIpc) is 2.76. The molecule has 0 aliphatic heterocycles. The molecule has 1 amide bonds. The van der Waals surface area contributed by atoms with Gasteiger partial charge in [-0.2, -0.15) is 0 Å². The molecular formula is C12H13N3O2. The number of anilines is 1. The highest BCUT2D eigenvalue weighted by molar-refractivity contribution is 6.02. The minimum Gasteiger partial charge on any atom is -0.438 e. The van der Waals surface area contributed by atoms with Crippen LogP contribution in [0.15, 0.2) is 35.1 Å². The molecule has 0 aliphatic rings. The maximum atomic E-state index is 11.8. The first-order valence-corrected chi connectivity index (χ1v) is 5.21. The van der Waals surface area contributed by atoms with Crippen LogP contribution in [0.3, 0.4) is 0 Å². The van der Waals surface area contributed by atoms with Gasteiger partial charge in [0.05, 0.1) is 5.69 Å². The first-order valence-electron chi connectivity index (χ1n) is 5.21. The van der Waals surface area contributed by atoms with E-state index in [1.165, 1.54) is 6.39 Å². The first kappa shape index (κ1) is 11.3. The molecule has 0 saturated heterocycles. The van der Waals surface area contributed by atoms with Crippen molar-refractivity contribution in [2.75, 3.05) is 5.32 Å². The predicted molar refractivity (Wildman–Crippen MR) is 63.5 cm³/mol. The summed E-state index contributed by atoms with van der Waals surface area (Å²) >= 11 is 0. The lowest BCUT2D eigenvalue weighted by Crippen LogP contribution is -2.12. The summed E-state index contributed by atoms with van der Waals surface area (Å²) in [5, 5.41) is 2.72. The van der Waals surface area contributed by atoms with Crippen LogP contribution in [-0.4, -0.2) is 10.9 Å². The maximum Gasteiger partial charge on any atom is 0.293 e. The van der Waals surface area contributed by atoms with E-state index in [-0.39, 0.29) is 11.7 Å². The average molecular weight is 231 g/mol. The van der Waals surface area contributed by atoms with E-state index in [1.807, 2.05) is 12.1 Å². The van der Waals surface area contributed by atoms with Gasteiger partial charge in [0, 0.05) is 12.2 Å². The van der Waals surface area contributed by atoms with Crippen molar-refractivity contribution in [3.63, 3.8) is 0 Å². The number of hydrogen-bond donors (Lipinski definition) is 2. The summed E-state index contributed by atoms with van der Waals surface area (Å²) in [5.41, 5.74) is 7.77. The molecule has 0 radical (unpaired) electrons. The standard InChI is InChI=1S/C12H13N3O2/c1-8-11(17-7-14-8)12(16)15-10-4-2-9(6-13)3-5-10/h2-5,7H,6,13H2,1H3,(H,15,16). The largest absolute Gasteiger partial charge is 0.438 e. The van der Waals surface area contributed by atoms with Gasteiger partial charge in [0.1, 0.15) is 0 Å². The summed E-state index contributed by atoms with van der Waals surface area (Å²) in [7, 11) is 0. The molecule has 17 heavy (non-hydrogen) atoms. The van der Waals surface area contributed by atoms with Gasteiger partial charge in [0.15, 0.2) is 6.39 Å². The van der Waals surface area contributed by atoms with Gasteiger partial charge in [-0.3, -0.25) is 4.79 Å². The van der Waals surface area contributed by atoms with Crippen LogP contribution in [-0.2, 0) is 6.54 Å².